The number of para-hydroxylation sites is 1. The van der Waals surface area contributed by atoms with Gasteiger partial charge in [0, 0.05) is 27.0 Å². The zero-order valence-electron chi connectivity index (χ0n) is 22.3. The highest BCUT2D eigenvalue weighted by atomic mass is 15.1. The van der Waals surface area contributed by atoms with Gasteiger partial charge in [-0.1, -0.05) is 111 Å². The van der Waals surface area contributed by atoms with E-state index in [1.807, 2.05) is 6.20 Å². The standard InChI is InChI=1S/C37H25N3/c1-37(2)29-17-9-7-13-24(29)25-19-20-31-33(34(25)37)28-16-8-10-18-30(28)40(31)32-21-38-35-26-14-5-3-11-22(26)23-12-4-6-15-27(23)36(35)39-32/h3-21H,1-2H3. The van der Waals surface area contributed by atoms with Crippen molar-refractivity contribution in [1.82, 2.24) is 14.5 Å². The molecular formula is C37H25N3. The minimum Gasteiger partial charge on any atom is -0.292 e. The lowest BCUT2D eigenvalue weighted by atomic mass is 9.80. The Kier molecular flexibility index (Phi) is 4.13. The van der Waals surface area contributed by atoms with Gasteiger partial charge in [0.1, 0.15) is 0 Å². The molecule has 40 heavy (non-hydrogen) atoms. The van der Waals surface area contributed by atoms with Crippen LogP contribution in [0, 0.1) is 0 Å². The van der Waals surface area contributed by atoms with Crippen LogP contribution in [0.2, 0.25) is 0 Å². The summed E-state index contributed by atoms with van der Waals surface area (Å²) in [6, 6.07) is 39.2. The van der Waals surface area contributed by atoms with Crippen LogP contribution < -0.4 is 0 Å². The van der Waals surface area contributed by atoms with Crippen molar-refractivity contribution in [3.8, 4) is 16.9 Å². The average Bonchev–Trinajstić information content (AvgIpc) is 3.46. The van der Waals surface area contributed by atoms with E-state index in [2.05, 4.69) is 128 Å². The van der Waals surface area contributed by atoms with Crippen LogP contribution in [0.4, 0.5) is 0 Å². The lowest BCUT2D eigenvalue weighted by Crippen LogP contribution is -2.15. The summed E-state index contributed by atoms with van der Waals surface area (Å²) >= 11 is 0. The quantitative estimate of drug-likeness (QED) is 0.206. The Morgan fingerprint density at radius 1 is 0.550 bits per heavy atom. The number of aromatic nitrogens is 3. The van der Waals surface area contributed by atoms with E-state index in [1.54, 1.807) is 0 Å². The molecule has 0 unspecified atom stereocenters. The van der Waals surface area contributed by atoms with Gasteiger partial charge in [-0.3, -0.25) is 9.55 Å². The van der Waals surface area contributed by atoms with Gasteiger partial charge in [0.25, 0.3) is 0 Å². The third-order valence-corrected chi connectivity index (χ3v) is 9.00. The Labute approximate surface area is 231 Å². The predicted octanol–water partition coefficient (Wildman–Crippen LogP) is 9.34. The molecular weight excluding hydrogens is 486 g/mol. The normalized spacial score (nSPS) is 13.9. The minimum absolute atomic E-state index is 0.107. The molecule has 1 aliphatic carbocycles. The lowest BCUT2D eigenvalue weighted by molar-refractivity contribution is 0.666. The highest BCUT2D eigenvalue weighted by molar-refractivity contribution is 6.23. The van der Waals surface area contributed by atoms with E-state index in [9.17, 15) is 0 Å². The lowest BCUT2D eigenvalue weighted by Gasteiger charge is -2.22. The fourth-order valence-electron chi connectivity index (χ4n) is 7.30. The molecule has 0 radical (unpaired) electrons. The smallest absolute Gasteiger partial charge is 0.156 e. The maximum Gasteiger partial charge on any atom is 0.156 e. The molecule has 0 fully saturated rings. The molecule has 3 nitrogen and oxygen atoms in total. The van der Waals surface area contributed by atoms with Crippen LogP contribution in [0.3, 0.4) is 0 Å². The molecule has 2 aromatic heterocycles. The number of fused-ring (bicyclic) bond motifs is 13. The number of benzene rings is 6. The number of rotatable bonds is 1. The van der Waals surface area contributed by atoms with Crippen molar-refractivity contribution in [2.45, 2.75) is 19.3 Å². The van der Waals surface area contributed by atoms with Crippen LogP contribution in [-0.4, -0.2) is 14.5 Å². The van der Waals surface area contributed by atoms with Crippen LogP contribution in [0.1, 0.15) is 25.0 Å². The van der Waals surface area contributed by atoms with E-state index in [-0.39, 0.29) is 5.41 Å². The summed E-state index contributed by atoms with van der Waals surface area (Å²) in [6.45, 7) is 4.71. The van der Waals surface area contributed by atoms with Gasteiger partial charge in [0.2, 0.25) is 0 Å². The van der Waals surface area contributed by atoms with Crippen LogP contribution in [-0.2, 0) is 5.41 Å². The molecule has 188 valence electrons. The molecule has 0 saturated heterocycles. The summed E-state index contributed by atoms with van der Waals surface area (Å²) in [4.78, 5) is 10.4. The van der Waals surface area contributed by atoms with Gasteiger partial charge in [-0.25, -0.2) is 4.98 Å². The second-order valence-electron chi connectivity index (χ2n) is 11.4. The summed E-state index contributed by atoms with van der Waals surface area (Å²) in [5, 5.41) is 7.23. The number of hydrogen-bond acceptors (Lipinski definition) is 2. The van der Waals surface area contributed by atoms with Crippen LogP contribution in [0.25, 0.3) is 71.3 Å². The molecule has 0 N–H and O–H groups in total. The largest absolute Gasteiger partial charge is 0.292 e. The van der Waals surface area contributed by atoms with Crippen LogP contribution >= 0.6 is 0 Å². The molecule has 9 rings (SSSR count). The molecule has 6 aromatic carbocycles. The molecule has 0 amide bonds. The second kappa shape index (κ2) is 7.55. The fraction of sp³-hybridized carbons (Fsp3) is 0.0811. The average molecular weight is 512 g/mol. The molecule has 1 aliphatic rings. The van der Waals surface area contributed by atoms with E-state index in [1.165, 1.54) is 49.3 Å². The second-order valence-corrected chi connectivity index (χ2v) is 11.4. The topological polar surface area (TPSA) is 30.7 Å². The molecule has 0 aliphatic heterocycles. The van der Waals surface area contributed by atoms with Gasteiger partial charge in [0.15, 0.2) is 5.82 Å². The summed E-state index contributed by atoms with van der Waals surface area (Å²) < 4.78 is 2.31. The maximum absolute atomic E-state index is 5.37. The molecule has 0 saturated carbocycles. The van der Waals surface area contributed by atoms with Gasteiger partial charge in [-0.15, -0.1) is 0 Å². The Morgan fingerprint density at radius 2 is 1.18 bits per heavy atom. The third kappa shape index (κ3) is 2.64. The highest BCUT2D eigenvalue weighted by Gasteiger charge is 2.38. The first-order valence-corrected chi connectivity index (χ1v) is 13.9. The first-order chi connectivity index (χ1) is 19.6. The van der Waals surface area contributed by atoms with E-state index in [0.717, 1.165) is 33.1 Å². The van der Waals surface area contributed by atoms with Gasteiger partial charge in [0.05, 0.1) is 28.3 Å². The zero-order chi connectivity index (χ0) is 26.6. The number of hydrogen-bond donors (Lipinski definition) is 0. The van der Waals surface area contributed by atoms with Crippen molar-refractivity contribution in [2.75, 3.05) is 0 Å². The van der Waals surface area contributed by atoms with E-state index in [0.29, 0.717) is 0 Å². The zero-order valence-corrected chi connectivity index (χ0v) is 22.3. The van der Waals surface area contributed by atoms with E-state index < -0.39 is 0 Å². The first kappa shape index (κ1) is 21.9. The van der Waals surface area contributed by atoms with Gasteiger partial charge in [-0.2, -0.15) is 0 Å². The Hall–Kier alpha value is -5.02. The van der Waals surface area contributed by atoms with E-state index in [4.69, 9.17) is 9.97 Å². The Bertz CT molecular complexity index is 2320. The Balaban J connectivity index is 1.42. The van der Waals surface area contributed by atoms with Gasteiger partial charge in [-0.05, 0) is 45.2 Å². The molecule has 2 heterocycles. The fourth-order valence-corrected chi connectivity index (χ4v) is 7.30. The van der Waals surface area contributed by atoms with Crippen molar-refractivity contribution in [2.24, 2.45) is 0 Å². The predicted molar refractivity (Wildman–Crippen MR) is 166 cm³/mol. The summed E-state index contributed by atoms with van der Waals surface area (Å²) in [6.07, 6.45) is 1.95. The SMILES string of the molecule is CC1(C)c2ccccc2-c2ccc3c(c21)c1ccccc1n3-c1cnc2c3ccccc3c3ccccc3c2n1. The minimum atomic E-state index is -0.107. The van der Waals surface area contributed by atoms with Gasteiger partial charge < -0.3 is 0 Å². The molecule has 3 heteroatoms. The Morgan fingerprint density at radius 3 is 1.95 bits per heavy atom. The molecule has 0 atom stereocenters. The summed E-state index contributed by atoms with van der Waals surface area (Å²) in [5.41, 5.74) is 9.54. The van der Waals surface area contributed by atoms with E-state index >= 15 is 0 Å². The monoisotopic (exact) mass is 511 g/mol. The van der Waals surface area contributed by atoms with Gasteiger partial charge >= 0.3 is 0 Å². The van der Waals surface area contributed by atoms with Crippen molar-refractivity contribution in [1.29, 1.82) is 0 Å². The van der Waals surface area contributed by atoms with Crippen LogP contribution in [0.5, 0.6) is 0 Å². The summed E-state index contributed by atoms with van der Waals surface area (Å²) in [5.74, 6) is 0.840. The van der Waals surface area contributed by atoms with Crippen LogP contribution in [0.15, 0.2) is 115 Å². The van der Waals surface area contributed by atoms with Crippen molar-refractivity contribution >= 4 is 54.4 Å². The first-order valence-electron chi connectivity index (χ1n) is 13.9. The van der Waals surface area contributed by atoms with Crippen molar-refractivity contribution in [3.63, 3.8) is 0 Å². The third-order valence-electron chi connectivity index (χ3n) is 9.00. The molecule has 8 aromatic rings. The highest BCUT2D eigenvalue weighted by Crippen LogP contribution is 2.53. The maximum atomic E-state index is 5.37. The molecule has 0 spiro atoms. The molecule has 0 bridgehead atoms. The van der Waals surface area contributed by atoms with Crippen molar-refractivity contribution < 1.29 is 0 Å². The number of nitrogens with zero attached hydrogens (tertiary/aromatic N) is 3. The summed E-state index contributed by atoms with van der Waals surface area (Å²) in [7, 11) is 0. The van der Waals surface area contributed by atoms with Crippen molar-refractivity contribution in [3.05, 3.63) is 127 Å².